The van der Waals surface area contributed by atoms with Crippen LogP contribution in [0.3, 0.4) is 0 Å². The predicted octanol–water partition coefficient (Wildman–Crippen LogP) is 0.254. The molecule has 0 aromatic heterocycles. The molecule has 0 aromatic carbocycles. The first-order valence-electron chi connectivity index (χ1n) is 7.64. The maximum atomic E-state index is 12.8. The molecule has 7 heteroatoms. The van der Waals surface area contributed by atoms with Crippen LogP contribution in [0.25, 0.3) is 0 Å². The molecule has 0 aromatic rings. The number of amides is 3. The second kappa shape index (κ2) is 5.20. The Morgan fingerprint density at radius 3 is 2.76 bits per heavy atom. The van der Waals surface area contributed by atoms with Crippen LogP contribution in [0.5, 0.6) is 0 Å². The van der Waals surface area contributed by atoms with Crippen LogP contribution in [0.4, 0.5) is 4.79 Å². The van der Waals surface area contributed by atoms with Crippen molar-refractivity contribution >= 4 is 17.9 Å². The van der Waals surface area contributed by atoms with Crippen molar-refractivity contribution in [1.82, 2.24) is 15.1 Å². The molecule has 0 spiro atoms. The Morgan fingerprint density at radius 2 is 2.14 bits per heavy atom. The maximum Gasteiger partial charge on any atom is 0.321 e. The number of carboxylic acids is 1. The van der Waals surface area contributed by atoms with E-state index in [0.29, 0.717) is 25.9 Å². The molecular weight excluding hydrogens is 274 g/mol. The number of carbonyl (C=O) groups excluding carboxylic acids is 2. The fraction of sp³-hybridized carbons (Fsp3) is 0.786. The predicted molar refractivity (Wildman–Crippen MR) is 73.6 cm³/mol. The molecule has 0 saturated carbocycles. The van der Waals surface area contributed by atoms with Crippen molar-refractivity contribution in [2.24, 2.45) is 5.92 Å². The highest BCUT2D eigenvalue weighted by Gasteiger charge is 2.53. The molecule has 7 nitrogen and oxygen atoms in total. The normalized spacial score (nSPS) is 35.0. The van der Waals surface area contributed by atoms with Gasteiger partial charge >= 0.3 is 12.0 Å². The summed E-state index contributed by atoms with van der Waals surface area (Å²) in [7, 11) is 0. The van der Waals surface area contributed by atoms with Crippen LogP contribution >= 0.6 is 0 Å². The highest BCUT2D eigenvalue weighted by atomic mass is 16.4. The molecule has 2 N–H and O–H groups in total. The Kier molecular flexibility index (Phi) is 3.51. The molecule has 3 heterocycles. The van der Waals surface area contributed by atoms with Crippen LogP contribution < -0.4 is 5.32 Å². The van der Waals surface area contributed by atoms with Gasteiger partial charge in [0.05, 0.1) is 5.92 Å². The summed E-state index contributed by atoms with van der Waals surface area (Å²) < 4.78 is 0. The SMILES string of the molecule is CCC1C(=O)NCCN1C(=O)N1C2CCC1C(C(=O)O)C2. The van der Waals surface area contributed by atoms with Gasteiger partial charge in [0.25, 0.3) is 0 Å². The van der Waals surface area contributed by atoms with Gasteiger partial charge in [-0.1, -0.05) is 6.92 Å². The molecule has 3 amide bonds. The van der Waals surface area contributed by atoms with E-state index in [1.54, 1.807) is 9.80 Å². The van der Waals surface area contributed by atoms with Gasteiger partial charge in [-0.25, -0.2) is 4.79 Å². The number of fused-ring (bicyclic) bond motifs is 2. The second-order valence-electron chi connectivity index (χ2n) is 6.08. The second-order valence-corrected chi connectivity index (χ2v) is 6.08. The Bertz CT molecular complexity index is 481. The van der Waals surface area contributed by atoms with Gasteiger partial charge in [0.15, 0.2) is 0 Å². The van der Waals surface area contributed by atoms with E-state index < -0.39 is 17.9 Å². The molecular formula is C14H21N3O4. The van der Waals surface area contributed by atoms with E-state index in [0.717, 1.165) is 12.8 Å². The van der Waals surface area contributed by atoms with Gasteiger partial charge in [-0.15, -0.1) is 0 Å². The van der Waals surface area contributed by atoms with Crippen molar-refractivity contribution in [3.8, 4) is 0 Å². The lowest BCUT2D eigenvalue weighted by Crippen LogP contribution is -2.60. The number of rotatable bonds is 2. The summed E-state index contributed by atoms with van der Waals surface area (Å²) in [5.74, 6) is -1.38. The zero-order chi connectivity index (χ0) is 15.1. The monoisotopic (exact) mass is 295 g/mol. The average Bonchev–Trinajstić information content (AvgIpc) is 3.03. The largest absolute Gasteiger partial charge is 0.481 e. The Hall–Kier alpha value is -1.79. The third kappa shape index (κ3) is 2.15. The molecule has 4 unspecified atom stereocenters. The lowest BCUT2D eigenvalue weighted by atomic mass is 9.89. The number of aliphatic carboxylic acids is 1. The van der Waals surface area contributed by atoms with E-state index in [-0.39, 0.29) is 24.0 Å². The summed E-state index contributed by atoms with van der Waals surface area (Å²) in [6.45, 7) is 2.85. The van der Waals surface area contributed by atoms with Crippen molar-refractivity contribution in [2.45, 2.75) is 50.7 Å². The standard InChI is InChI=1S/C14H21N3O4/c1-2-10-12(18)15-5-6-16(10)14(21)17-8-3-4-11(17)9(7-8)13(19)20/h8-11H,2-7H2,1H3,(H,15,18)(H,19,20). The number of piperazine rings is 1. The lowest BCUT2D eigenvalue weighted by molar-refractivity contribution is -0.142. The summed E-state index contributed by atoms with van der Waals surface area (Å²) in [5.41, 5.74) is 0. The fourth-order valence-electron chi connectivity index (χ4n) is 4.05. The number of urea groups is 1. The zero-order valence-corrected chi connectivity index (χ0v) is 12.1. The van der Waals surface area contributed by atoms with Crippen LogP contribution in [0.1, 0.15) is 32.6 Å². The minimum atomic E-state index is -0.816. The highest BCUT2D eigenvalue weighted by Crippen LogP contribution is 2.42. The van der Waals surface area contributed by atoms with Crippen molar-refractivity contribution in [3.05, 3.63) is 0 Å². The summed E-state index contributed by atoms with van der Waals surface area (Å²) in [6.07, 6.45) is 2.74. The minimum Gasteiger partial charge on any atom is -0.481 e. The van der Waals surface area contributed by atoms with Crippen molar-refractivity contribution in [2.75, 3.05) is 13.1 Å². The molecule has 3 aliphatic heterocycles. The van der Waals surface area contributed by atoms with Crippen molar-refractivity contribution < 1.29 is 19.5 Å². The first-order chi connectivity index (χ1) is 10.0. The van der Waals surface area contributed by atoms with Gasteiger partial charge in [0, 0.05) is 25.2 Å². The van der Waals surface area contributed by atoms with Crippen molar-refractivity contribution in [1.29, 1.82) is 0 Å². The van der Waals surface area contributed by atoms with Crippen LogP contribution in [0.15, 0.2) is 0 Å². The quantitative estimate of drug-likeness (QED) is 0.764. The highest BCUT2D eigenvalue weighted by molar-refractivity contribution is 5.89. The minimum absolute atomic E-state index is 0.0195. The van der Waals surface area contributed by atoms with E-state index in [4.69, 9.17) is 0 Å². The number of nitrogens with one attached hydrogen (secondary N) is 1. The van der Waals surface area contributed by atoms with E-state index in [2.05, 4.69) is 5.32 Å². The number of carboxylic acid groups (broad SMARTS) is 1. The van der Waals surface area contributed by atoms with Crippen molar-refractivity contribution in [3.63, 3.8) is 0 Å². The Labute approximate surface area is 123 Å². The Morgan fingerprint density at radius 1 is 1.38 bits per heavy atom. The molecule has 0 aliphatic carbocycles. The summed E-state index contributed by atoms with van der Waals surface area (Å²) >= 11 is 0. The zero-order valence-electron chi connectivity index (χ0n) is 12.1. The van der Waals surface area contributed by atoms with Gasteiger partial charge in [-0.05, 0) is 25.7 Å². The molecule has 21 heavy (non-hydrogen) atoms. The molecule has 3 aliphatic rings. The maximum absolute atomic E-state index is 12.8. The molecule has 0 radical (unpaired) electrons. The number of hydrogen-bond acceptors (Lipinski definition) is 3. The third-order valence-electron chi connectivity index (χ3n) is 5.04. The molecule has 2 bridgehead atoms. The molecule has 3 fully saturated rings. The van der Waals surface area contributed by atoms with Crippen LogP contribution in [0, 0.1) is 5.92 Å². The van der Waals surface area contributed by atoms with Crippen LogP contribution in [-0.4, -0.2) is 64.0 Å². The smallest absolute Gasteiger partial charge is 0.321 e. The van der Waals surface area contributed by atoms with Gasteiger partial charge < -0.3 is 20.2 Å². The molecule has 3 rings (SSSR count). The van der Waals surface area contributed by atoms with Gasteiger partial charge in [-0.3, -0.25) is 9.59 Å². The number of carbonyl (C=O) groups is 3. The molecule has 3 saturated heterocycles. The van der Waals surface area contributed by atoms with Gasteiger partial charge in [0.1, 0.15) is 6.04 Å². The first-order valence-corrected chi connectivity index (χ1v) is 7.64. The van der Waals surface area contributed by atoms with E-state index in [1.807, 2.05) is 6.92 Å². The summed E-state index contributed by atoms with van der Waals surface area (Å²) in [5, 5.41) is 12.0. The third-order valence-corrected chi connectivity index (χ3v) is 5.04. The van der Waals surface area contributed by atoms with E-state index in [9.17, 15) is 19.5 Å². The summed E-state index contributed by atoms with van der Waals surface area (Å²) in [6, 6.07) is -0.781. The van der Waals surface area contributed by atoms with Gasteiger partial charge in [-0.2, -0.15) is 0 Å². The van der Waals surface area contributed by atoms with Gasteiger partial charge in [0.2, 0.25) is 5.91 Å². The molecule has 4 atom stereocenters. The van der Waals surface area contributed by atoms with E-state index in [1.165, 1.54) is 0 Å². The van der Waals surface area contributed by atoms with Crippen LogP contribution in [-0.2, 0) is 9.59 Å². The average molecular weight is 295 g/mol. The Balaban J connectivity index is 1.79. The summed E-state index contributed by atoms with van der Waals surface area (Å²) in [4.78, 5) is 39.4. The number of hydrogen-bond donors (Lipinski definition) is 2. The number of nitrogens with zero attached hydrogens (tertiary/aromatic N) is 2. The molecule has 116 valence electrons. The fourth-order valence-corrected chi connectivity index (χ4v) is 4.05. The lowest BCUT2D eigenvalue weighted by Gasteiger charge is -2.38. The van der Waals surface area contributed by atoms with E-state index >= 15 is 0 Å². The first kappa shape index (κ1) is 14.2. The van der Waals surface area contributed by atoms with Crippen LogP contribution in [0.2, 0.25) is 0 Å². The topological polar surface area (TPSA) is 90.0 Å².